The number of methoxy groups -OCH3 is 1. The fraction of sp³-hybridized carbons (Fsp3) is 0.273. The molecule has 33 heavy (non-hydrogen) atoms. The first-order chi connectivity index (χ1) is 15.7. The summed E-state index contributed by atoms with van der Waals surface area (Å²) in [4.78, 5) is 67.7. The third-order valence-electron chi connectivity index (χ3n) is 5.51. The Morgan fingerprint density at radius 1 is 1.03 bits per heavy atom. The van der Waals surface area contributed by atoms with E-state index in [9.17, 15) is 24.0 Å². The second-order valence-electron chi connectivity index (χ2n) is 7.62. The van der Waals surface area contributed by atoms with E-state index in [1.54, 1.807) is 0 Å². The van der Waals surface area contributed by atoms with Crippen molar-refractivity contribution >= 4 is 34.4 Å². The highest BCUT2D eigenvalue weighted by Gasteiger charge is 2.35. The highest BCUT2D eigenvalue weighted by molar-refractivity contribution is 6.22. The van der Waals surface area contributed by atoms with Gasteiger partial charge in [-0.25, -0.2) is 9.78 Å². The van der Waals surface area contributed by atoms with Crippen LogP contribution in [0.25, 0.3) is 11.0 Å². The number of hydrogen-bond donors (Lipinski definition) is 1. The van der Waals surface area contributed by atoms with Crippen LogP contribution in [0.15, 0.2) is 40.1 Å². The maximum Gasteiger partial charge on any atom is 0.332 e. The van der Waals surface area contributed by atoms with Crippen LogP contribution in [0.2, 0.25) is 0 Å². The summed E-state index contributed by atoms with van der Waals surface area (Å²) in [6.07, 6.45) is 1.84. The Morgan fingerprint density at radius 2 is 1.76 bits per heavy atom. The predicted octanol–water partition coefficient (Wildman–Crippen LogP) is 0.517. The number of carbonyl (C=O) groups is 3. The molecule has 3 aromatic rings. The highest BCUT2D eigenvalue weighted by atomic mass is 16.5. The molecule has 0 radical (unpaired) electrons. The number of amides is 3. The molecule has 1 aliphatic rings. The molecule has 170 valence electrons. The van der Waals surface area contributed by atoms with Gasteiger partial charge >= 0.3 is 5.69 Å². The number of benzene rings is 1. The number of anilines is 1. The normalized spacial score (nSPS) is 13.0. The minimum atomic E-state index is -0.543. The average molecular weight is 451 g/mol. The van der Waals surface area contributed by atoms with Crippen molar-refractivity contribution < 1.29 is 19.1 Å². The van der Waals surface area contributed by atoms with Crippen molar-refractivity contribution in [1.29, 1.82) is 0 Å². The van der Waals surface area contributed by atoms with Crippen LogP contribution < -0.4 is 16.6 Å². The second kappa shape index (κ2) is 8.43. The Balaban J connectivity index is 1.60. The molecule has 0 bridgehead atoms. The molecule has 1 aromatic carbocycles. The van der Waals surface area contributed by atoms with Crippen LogP contribution in [-0.2, 0) is 18.8 Å². The molecule has 0 saturated heterocycles. The monoisotopic (exact) mass is 451 g/mol. The Morgan fingerprint density at radius 3 is 2.48 bits per heavy atom. The SMILES string of the molecule is COCCCN1C(=O)c2ccc(C(=O)Nc3cnc4c(c3)c(=O)n(C)c(=O)n4C)cc2C1=O. The van der Waals surface area contributed by atoms with Crippen molar-refractivity contribution in [3.05, 3.63) is 68.0 Å². The minimum absolute atomic E-state index is 0.158. The summed E-state index contributed by atoms with van der Waals surface area (Å²) in [5, 5.41) is 2.80. The van der Waals surface area contributed by atoms with E-state index in [0.717, 1.165) is 9.47 Å². The van der Waals surface area contributed by atoms with Crippen LogP contribution in [-0.4, -0.2) is 57.0 Å². The number of fused-ring (bicyclic) bond motifs is 2. The second-order valence-corrected chi connectivity index (χ2v) is 7.62. The molecule has 3 heterocycles. The van der Waals surface area contributed by atoms with Crippen LogP contribution in [0.4, 0.5) is 5.69 Å². The van der Waals surface area contributed by atoms with Gasteiger partial charge in [-0.15, -0.1) is 0 Å². The third-order valence-corrected chi connectivity index (χ3v) is 5.51. The van der Waals surface area contributed by atoms with Gasteiger partial charge in [0, 0.05) is 39.9 Å². The summed E-state index contributed by atoms with van der Waals surface area (Å²) >= 11 is 0. The first-order valence-electron chi connectivity index (χ1n) is 10.1. The predicted molar refractivity (Wildman–Crippen MR) is 118 cm³/mol. The van der Waals surface area contributed by atoms with Crippen molar-refractivity contribution in [3.8, 4) is 0 Å². The molecule has 0 aliphatic carbocycles. The smallest absolute Gasteiger partial charge is 0.332 e. The van der Waals surface area contributed by atoms with Gasteiger partial charge in [0.1, 0.15) is 5.65 Å². The summed E-state index contributed by atoms with van der Waals surface area (Å²) < 4.78 is 7.16. The first kappa shape index (κ1) is 22.1. The van der Waals surface area contributed by atoms with Crippen molar-refractivity contribution in [2.75, 3.05) is 25.6 Å². The molecule has 3 amide bonds. The van der Waals surface area contributed by atoms with Gasteiger partial charge in [-0.1, -0.05) is 0 Å². The third kappa shape index (κ3) is 3.72. The van der Waals surface area contributed by atoms with Crippen LogP contribution in [0.1, 0.15) is 37.5 Å². The van der Waals surface area contributed by atoms with E-state index in [0.29, 0.717) is 13.0 Å². The quantitative estimate of drug-likeness (QED) is 0.427. The fourth-order valence-electron chi connectivity index (χ4n) is 3.74. The van der Waals surface area contributed by atoms with E-state index < -0.39 is 29.0 Å². The molecule has 0 fully saturated rings. The number of pyridine rings is 1. The Kier molecular flexibility index (Phi) is 5.64. The van der Waals surface area contributed by atoms with E-state index in [4.69, 9.17) is 4.74 Å². The summed E-state index contributed by atoms with van der Waals surface area (Å²) in [6.45, 7) is 0.639. The van der Waals surface area contributed by atoms with Crippen LogP contribution >= 0.6 is 0 Å². The molecule has 4 rings (SSSR count). The molecule has 11 heteroatoms. The van der Waals surface area contributed by atoms with Gasteiger partial charge in [-0.2, -0.15) is 0 Å². The summed E-state index contributed by atoms with van der Waals surface area (Å²) in [6, 6.07) is 5.71. The highest BCUT2D eigenvalue weighted by Crippen LogP contribution is 2.25. The first-order valence-corrected chi connectivity index (χ1v) is 10.1. The topological polar surface area (TPSA) is 133 Å². The lowest BCUT2D eigenvalue weighted by Gasteiger charge is -2.12. The maximum atomic E-state index is 12.8. The van der Waals surface area contributed by atoms with Crippen molar-refractivity contribution in [1.82, 2.24) is 19.0 Å². The van der Waals surface area contributed by atoms with Crippen LogP contribution in [0.3, 0.4) is 0 Å². The van der Waals surface area contributed by atoms with Crippen LogP contribution in [0.5, 0.6) is 0 Å². The lowest BCUT2D eigenvalue weighted by Crippen LogP contribution is -2.37. The minimum Gasteiger partial charge on any atom is -0.385 e. The molecule has 2 aromatic heterocycles. The number of nitrogens with zero attached hydrogens (tertiary/aromatic N) is 4. The molecule has 0 saturated carbocycles. The zero-order valence-corrected chi connectivity index (χ0v) is 18.2. The number of carbonyl (C=O) groups excluding carboxylic acids is 3. The molecular weight excluding hydrogens is 430 g/mol. The number of aromatic nitrogens is 3. The number of rotatable bonds is 6. The van der Waals surface area contributed by atoms with E-state index in [2.05, 4.69) is 10.3 Å². The lowest BCUT2D eigenvalue weighted by atomic mass is 10.1. The molecule has 1 N–H and O–H groups in total. The van der Waals surface area contributed by atoms with E-state index >= 15 is 0 Å². The van der Waals surface area contributed by atoms with Gasteiger partial charge in [0.25, 0.3) is 23.3 Å². The number of nitrogens with one attached hydrogen (secondary N) is 1. The van der Waals surface area contributed by atoms with Gasteiger partial charge in [0.05, 0.1) is 28.4 Å². The van der Waals surface area contributed by atoms with E-state index in [1.807, 2.05) is 0 Å². The summed E-state index contributed by atoms with van der Waals surface area (Å²) in [5.41, 5.74) is -0.0422. The van der Waals surface area contributed by atoms with Crippen molar-refractivity contribution in [2.24, 2.45) is 14.1 Å². The van der Waals surface area contributed by atoms with Gasteiger partial charge in [-0.3, -0.25) is 33.2 Å². The van der Waals surface area contributed by atoms with E-state index in [-0.39, 0.29) is 40.0 Å². The van der Waals surface area contributed by atoms with Crippen molar-refractivity contribution in [2.45, 2.75) is 6.42 Å². The number of imide groups is 1. The van der Waals surface area contributed by atoms with Crippen LogP contribution in [0, 0.1) is 0 Å². The fourth-order valence-corrected chi connectivity index (χ4v) is 3.74. The largest absolute Gasteiger partial charge is 0.385 e. The van der Waals surface area contributed by atoms with E-state index in [1.165, 1.54) is 56.2 Å². The Labute approximate surface area is 187 Å². The lowest BCUT2D eigenvalue weighted by molar-refractivity contribution is 0.0638. The zero-order valence-electron chi connectivity index (χ0n) is 18.2. The number of aryl methyl sites for hydroxylation is 1. The van der Waals surface area contributed by atoms with Crippen molar-refractivity contribution in [3.63, 3.8) is 0 Å². The number of ether oxygens (including phenoxy) is 1. The zero-order chi connectivity index (χ0) is 23.9. The Bertz CT molecular complexity index is 1440. The molecule has 11 nitrogen and oxygen atoms in total. The van der Waals surface area contributed by atoms with Gasteiger partial charge in [0.2, 0.25) is 0 Å². The molecule has 0 unspecified atom stereocenters. The maximum absolute atomic E-state index is 12.8. The average Bonchev–Trinajstić information content (AvgIpc) is 3.05. The standard InChI is InChI=1S/C22H21N5O6/c1-25-17-16(19(29)26(2)22(25)32)10-13(11-23-17)24-18(28)12-5-6-14-15(9-12)21(31)27(20(14)30)7-4-8-33-3/h5-6,9-11H,4,7-8H2,1-3H3,(H,24,28). The molecule has 0 atom stereocenters. The van der Waals surface area contributed by atoms with Gasteiger partial charge < -0.3 is 10.1 Å². The molecule has 0 spiro atoms. The molecule has 1 aliphatic heterocycles. The van der Waals surface area contributed by atoms with Gasteiger partial charge in [-0.05, 0) is 30.7 Å². The molecular formula is C22H21N5O6. The number of hydrogen-bond acceptors (Lipinski definition) is 7. The Hall–Kier alpha value is -4.12. The summed E-state index contributed by atoms with van der Waals surface area (Å²) in [5.74, 6) is -1.41. The summed E-state index contributed by atoms with van der Waals surface area (Å²) in [7, 11) is 4.39. The van der Waals surface area contributed by atoms with Gasteiger partial charge in [0.15, 0.2) is 0 Å².